The van der Waals surface area contributed by atoms with Crippen LogP contribution in [0.3, 0.4) is 0 Å². The van der Waals surface area contributed by atoms with E-state index in [2.05, 4.69) is 5.32 Å². The Balaban J connectivity index is 1.58. The average Bonchev–Trinajstić information content (AvgIpc) is 3.21. The van der Waals surface area contributed by atoms with Crippen LogP contribution in [0.5, 0.6) is 0 Å². The number of ether oxygens (including phenoxy) is 1. The number of likely N-dealkylation sites (N-methyl/N-ethyl adjacent to an activating group) is 1. The summed E-state index contributed by atoms with van der Waals surface area (Å²) in [6.45, 7) is 0.291. The van der Waals surface area contributed by atoms with Gasteiger partial charge in [-0.15, -0.1) is 0 Å². The van der Waals surface area contributed by atoms with Gasteiger partial charge in [-0.25, -0.2) is 0 Å². The zero-order valence-corrected chi connectivity index (χ0v) is 17.5. The van der Waals surface area contributed by atoms with Gasteiger partial charge in [0.15, 0.2) is 0 Å². The van der Waals surface area contributed by atoms with Crippen LogP contribution in [0.1, 0.15) is 34.9 Å². The summed E-state index contributed by atoms with van der Waals surface area (Å²) in [4.78, 5) is 52.0. The predicted molar refractivity (Wildman–Crippen MR) is 114 cm³/mol. The number of hydrogen-bond donors (Lipinski definition) is 1. The average molecular weight is 423 g/mol. The molecule has 0 spiro atoms. The quantitative estimate of drug-likeness (QED) is 0.687. The van der Waals surface area contributed by atoms with E-state index in [1.165, 1.54) is 4.90 Å². The van der Waals surface area contributed by atoms with Crippen molar-refractivity contribution in [2.45, 2.75) is 18.9 Å². The predicted octanol–water partition coefficient (Wildman–Crippen LogP) is 1.92. The van der Waals surface area contributed by atoms with E-state index in [-0.39, 0.29) is 18.4 Å². The van der Waals surface area contributed by atoms with Crippen molar-refractivity contribution in [2.75, 3.05) is 32.1 Å². The van der Waals surface area contributed by atoms with Gasteiger partial charge in [0.1, 0.15) is 6.54 Å². The number of rotatable bonds is 7. The lowest BCUT2D eigenvalue weighted by Crippen LogP contribution is -2.35. The first kappa shape index (κ1) is 22.0. The molecular weight excluding hydrogens is 398 g/mol. The molecule has 1 aliphatic heterocycles. The number of hydrogen-bond acceptors (Lipinski definition) is 5. The molecular formula is C23H25N3O5. The molecule has 0 saturated carbocycles. The highest BCUT2D eigenvalue weighted by Crippen LogP contribution is 2.22. The monoisotopic (exact) mass is 423 g/mol. The molecule has 1 aliphatic rings. The smallest absolute Gasteiger partial charge is 0.326 e. The Kier molecular flexibility index (Phi) is 7.02. The van der Waals surface area contributed by atoms with Gasteiger partial charge in [-0.3, -0.25) is 19.2 Å². The van der Waals surface area contributed by atoms with Gasteiger partial charge in [-0.05, 0) is 30.7 Å². The largest absolute Gasteiger partial charge is 0.446 e. The molecule has 0 bridgehead atoms. The van der Waals surface area contributed by atoms with Gasteiger partial charge in [0.2, 0.25) is 12.0 Å². The third-order valence-corrected chi connectivity index (χ3v) is 4.92. The van der Waals surface area contributed by atoms with Crippen LogP contribution in [-0.2, 0) is 19.1 Å². The first-order valence-electron chi connectivity index (χ1n) is 10.0. The molecule has 0 radical (unpaired) electrons. The molecule has 1 fully saturated rings. The van der Waals surface area contributed by atoms with Crippen LogP contribution in [-0.4, -0.2) is 55.8 Å². The maximum absolute atomic E-state index is 12.4. The number of anilines is 1. The van der Waals surface area contributed by atoms with Crippen molar-refractivity contribution in [1.82, 2.24) is 10.2 Å². The standard InChI is InChI=1S/C23H25N3O5/c1-25(2)23(30)21(16-7-4-3-5-8-16)31-20(28)15-24-22(29)17-10-12-18(13-11-17)26-14-6-9-19(26)27/h3-5,7-8,10-13,21H,6,9,14-15H2,1-2H3,(H,24,29)/t21-/m0/s1. The molecule has 1 heterocycles. The van der Waals surface area contributed by atoms with Gasteiger partial charge in [0.05, 0.1) is 0 Å². The Morgan fingerprint density at radius 3 is 2.32 bits per heavy atom. The Hall–Kier alpha value is -3.68. The van der Waals surface area contributed by atoms with Crippen molar-refractivity contribution in [2.24, 2.45) is 0 Å². The van der Waals surface area contributed by atoms with Crippen LogP contribution in [0.15, 0.2) is 54.6 Å². The molecule has 31 heavy (non-hydrogen) atoms. The first-order chi connectivity index (χ1) is 14.9. The summed E-state index contributed by atoms with van der Waals surface area (Å²) in [7, 11) is 3.15. The highest BCUT2D eigenvalue weighted by molar-refractivity contribution is 5.98. The van der Waals surface area contributed by atoms with Gasteiger partial charge in [-0.1, -0.05) is 30.3 Å². The number of carbonyl (C=O) groups is 4. The summed E-state index contributed by atoms with van der Waals surface area (Å²) in [6.07, 6.45) is 0.270. The maximum Gasteiger partial charge on any atom is 0.326 e. The molecule has 8 heteroatoms. The molecule has 1 N–H and O–H groups in total. The van der Waals surface area contributed by atoms with E-state index in [1.807, 2.05) is 0 Å². The molecule has 3 rings (SSSR count). The van der Waals surface area contributed by atoms with E-state index in [0.717, 1.165) is 12.1 Å². The molecule has 162 valence electrons. The molecule has 2 aromatic carbocycles. The fraction of sp³-hybridized carbons (Fsp3) is 0.304. The minimum Gasteiger partial charge on any atom is -0.446 e. The van der Waals surface area contributed by atoms with Crippen molar-refractivity contribution in [3.8, 4) is 0 Å². The Morgan fingerprint density at radius 2 is 1.74 bits per heavy atom. The fourth-order valence-electron chi connectivity index (χ4n) is 3.26. The summed E-state index contributed by atoms with van der Waals surface area (Å²) in [6, 6.07) is 15.3. The number of carbonyl (C=O) groups excluding carboxylic acids is 4. The number of amides is 3. The first-order valence-corrected chi connectivity index (χ1v) is 10.0. The van der Waals surface area contributed by atoms with E-state index >= 15 is 0 Å². The summed E-state index contributed by atoms with van der Waals surface area (Å²) >= 11 is 0. The molecule has 3 amide bonds. The van der Waals surface area contributed by atoms with E-state index in [9.17, 15) is 19.2 Å². The van der Waals surface area contributed by atoms with E-state index in [0.29, 0.717) is 24.1 Å². The Morgan fingerprint density at radius 1 is 1.06 bits per heavy atom. The van der Waals surface area contributed by atoms with Gasteiger partial charge >= 0.3 is 5.97 Å². The third-order valence-electron chi connectivity index (χ3n) is 4.92. The molecule has 1 atom stereocenters. The van der Waals surface area contributed by atoms with Crippen molar-refractivity contribution < 1.29 is 23.9 Å². The van der Waals surface area contributed by atoms with Gasteiger partial charge < -0.3 is 19.9 Å². The highest BCUT2D eigenvalue weighted by Gasteiger charge is 2.26. The van der Waals surface area contributed by atoms with Crippen LogP contribution in [0, 0.1) is 0 Å². The van der Waals surface area contributed by atoms with Crippen LogP contribution >= 0.6 is 0 Å². The van der Waals surface area contributed by atoms with Gasteiger partial charge in [0, 0.05) is 43.9 Å². The molecule has 2 aromatic rings. The van der Waals surface area contributed by atoms with Crippen molar-refractivity contribution in [3.63, 3.8) is 0 Å². The topological polar surface area (TPSA) is 96.0 Å². The van der Waals surface area contributed by atoms with Gasteiger partial charge in [0.25, 0.3) is 11.8 Å². The zero-order chi connectivity index (χ0) is 22.4. The second kappa shape index (κ2) is 9.88. The second-order valence-corrected chi connectivity index (χ2v) is 7.39. The summed E-state index contributed by atoms with van der Waals surface area (Å²) < 4.78 is 5.36. The lowest BCUT2D eigenvalue weighted by Gasteiger charge is -2.21. The van der Waals surface area contributed by atoms with Crippen LogP contribution in [0.4, 0.5) is 5.69 Å². The number of esters is 1. The lowest BCUT2D eigenvalue weighted by atomic mass is 10.1. The third kappa shape index (κ3) is 5.48. The lowest BCUT2D eigenvalue weighted by molar-refractivity contribution is -0.158. The molecule has 1 saturated heterocycles. The van der Waals surface area contributed by atoms with Crippen LogP contribution in [0.2, 0.25) is 0 Å². The Bertz CT molecular complexity index is 957. The highest BCUT2D eigenvalue weighted by atomic mass is 16.5. The van der Waals surface area contributed by atoms with Crippen molar-refractivity contribution in [3.05, 3.63) is 65.7 Å². The SMILES string of the molecule is CN(C)C(=O)[C@@H](OC(=O)CNC(=O)c1ccc(N2CCCC2=O)cc1)c1ccccc1. The minimum absolute atomic E-state index is 0.0696. The maximum atomic E-state index is 12.4. The van der Waals surface area contributed by atoms with Crippen molar-refractivity contribution >= 4 is 29.4 Å². The van der Waals surface area contributed by atoms with Crippen molar-refractivity contribution in [1.29, 1.82) is 0 Å². The molecule has 0 aromatic heterocycles. The second-order valence-electron chi connectivity index (χ2n) is 7.39. The van der Waals surface area contributed by atoms with E-state index < -0.39 is 18.0 Å². The Labute approximate surface area is 180 Å². The normalized spacial score (nSPS) is 14.1. The number of benzene rings is 2. The minimum atomic E-state index is -1.09. The van der Waals surface area contributed by atoms with E-state index in [1.54, 1.807) is 73.6 Å². The molecule has 0 unspecified atom stereocenters. The fourth-order valence-corrected chi connectivity index (χ4v) is 3.26. The summed E-state index contributed by atoms with van der Waals surface area (Å²) in [5.41, 5.74) is 1.64. The van der Waals surface area contributed by atoms with Crippen LogP contribution in [0.25, 0.3) is 0 Å². The molecule has 0 aliphatic carbocycles. The van der Waals surface area contributed by atoms with Crippen LogP contribution < -0.4 is 10.2 Å². The van der Waals surface area contributed by atoms with Gasteiger partial charge in [-0.2, -0.15) is 0 Å². The number of nitrogens with zero attached hydrogens (tertiary/aromatic N) is 2. The van der Waals surface area contributed by atoms with E-state index in [4.69, 9.17) is 4.74 Å². The number of nitrogens with one attached hydrogen (secondary N) is 1. The summed E-state index contributed by atoms with van der Waals surface area (Å²) in [5, 5.41) is 2.50. The zero-order valence-electron chi connectivity index (χ0n) is 17.5. The summed E-state index contributed by atoms with van der Waals surface area (Å²) in [5.74, 6) is -1.48. The molecule has 8 nitrogen and oxygen atoms in total.